The van der Waals surface area contributed by atoms with Crippen LogP contribution in [0.1, 0.15) is 15.9 Å². The molecule has 0 heterocycles. The van der Waals surface area contributed by atoms with E-state index < -0.39 is 15.9 Å². The lowest BCUT2D eigenvalue weighted by Gasteiger charge is -2.11. The molecule has 0 aliphatic rings. The van der Waals surface area contributed by atoms with Gasteiger partial charge in [-0.25, -0.2) is 8.42 Å². The molecular formula is C16H17ClN2O5S. The molecule has 0 radical (unpaired) electrons. The molecule has 0 fully saturated rings. The average Bonchev–Trinajstić information content (AvgIpc) is 2.58. The predicted octanol–water partition coefficient (Wildman–Crippen LogP) is 2.29. The Morgan fingerprint density at radius 3 is 2.16 bits per heavy atom. The number of hydrazine groups is 1. The highest BCUT2D eigenvalue weighted by Crippen LogP contribution is 2.23. The predicted molar refractivity (Wildman–Crippen MR) is 93.5 cm³/mol. The minimum absolute atomic E-state index is 0.0600. The molecule has 2 aromatic rings. The Morgan fingerprint density at radius 1 is 1.04 bits per heavy atom. The highest BCUT2D eigenvalue weighted by atomic mass is 35.5. The van der Waals surface area contributed by atoms with Crippen molar-refractivity contribution in [1.29, 1.82) is 0 Å². The summed E-state index contributed by atoms with van der Waals surface area (Å²) in [6.07, 6.45) is 0. The molecular weight excluding hydrogens is 368 g/mol. The number of sulfonamides is 1. The molecule has 2 aromatic carbocycles. The summed E-state index contributed by atoms with van der Waals surface area (Å²) in [4.78, 5) is 14.1. The number of nitrogens with one attached hydrogen (secondary N) is 2. The molecule has 9 heteroatoms. The van der Waals surface area contributed by atoms with Crippen LogP contribution < -0.4 is 19.7 Å². The van der Waals surface area contributed by atoms with Crippen LogP contribution in [-0.4, -0.2) is 28.5 Å². The fraction of sp³-hybridized carbons (Fsp3) is 0.188. The van der Waals surface area contributed by atoms with Crippen molar-refractivity contribution >= 4 is 27.5 Å². The van der Waals surface area contributed by atoms with Gasteiger partial charge in [0.05, 0.1) is 19.2 Å². The zero-order chi connectivity index (χ0) is 18.6. The first-order valence-corrected chi connectivity index (χ1v) is 8.94. The smallest absolute Gasteiger partial charge is 0.266 e. The van der Waals surface area contributed by atoms with E-state index in [1.165, 1.54) is 38.5 Å². The van der Waals surface area contributed by atoms with Gasteiger partial charge in [0.1, 0.15) is 16.4 Å². The van der Waals surface area contributed by atoms with E-state index in [2.05, 4.69) is 5.43 Å². The third-order valence-corrected chi connectivity index (χ3v) is 5.02. The molecule has 0 atom stereocenters. The normalized spacial score (nSPS) is 11.0. The van der Waals surface area contributed by atoms with Gasteiger partial charge in [-0.15, -0.1) is 4.83 Å². The molecule has 0 saturated heterocycles. The monoisotopic (exact) mass is 384 g/mol. The maximum Gasteiger partial charge on any atom is 0.266 e. The summed E-state index contributed by atoms with van der Waals surface area (Å²) < 4.78 is 34.7. The second-order valence-corrected chi connectivity index (χ2v) is 7.15. The zero-order valence-corrected chi connectivity index (χ0v) is 15.4. The van der Waals surface area contributed by atoms with Gasteiger partial charge in [0.25, 0.3) is 15.9 Å². The first-order valence-electron chi connectivity index (χ1n) is 7.08. The lowest BCUT2D eigenvalue weighted by molar-refractivity contribution is 0.0944. The van der Waals surface area contributed by atoms with Crippen molar-refractivity contribution in [2.24, 2.45) is 0 Å². The molecule has 2 rings (SSSR count). The number of rotatable bonds is 6. The molecule has 1 amide bonds. The van der Waals surface area contributed by atoms with E-state index in [1.54, 1.807) is 19.1 Å². The van der Waals surface area contributed by atoms with E-state index >= 15 is 0 Å². The fourth-order valence-corrected chi connectivity index (χ4v) is 3.44. The van der Waals surface area contributed by atoms with Crippen molar-refractivity contribution in [3.8, 4) is 11.5 Å². The molecule has 0 unspecified atom stereocenters. The van der Waals surface area contributed by atoms with Crippen LogP contribution in [0.25, 0.3) is 0 Å². The van der Waals surface area contributed by atoms with Crippen LogP contribution in [-0.2, 0) is 10.0 Å². The first-order chi connectivity index (χ1) is 11.8. The van der Waals surface area contributed by atoms with Gasteiger partial charge < -0.3 is 9.47 Å². The van der Waals surface area contributed by atoms with E-state index in [1.807, 2.05) is 4.83 Å². The number of aryl methyl sites for hydroxylation is 1. The average molecular weight is 385 g/mol. The number of carbonyl (C=O) groups is 1. The van der Waals surface area contributed by atoms with Gasteiger partial charge in [0.2, 0.25) is 0 Å². The number of ether oxygens (including phenoxy) is 2. The summed E-state index contributed by atoms with van der Waals surface area (Å²) in [6, 6.07) is 8.98. The maximum absolute atomic E-state index is 12.3. The second-order valence-electron chi connectivity index (χ2n) is 5.09. The van der Waals surface area contributed by atoms with E-state index in [4.69, 9.17) is 21.1 Å². The van der Waals surface area contributed by atoms with Crippen LogP contribution in [0.15, 0.2) is 41.3 Å². The highest BCUT2D eigenvalue weighted by molar-refractivity contribution is 7.89. The van der Waals surface area contributed by atoms with Crippen molar-refractivity contribution < 1.29 is 22.7 Å². The number of methoxy groups -OCH3 is 2. The topological polar surface area (TPSA) is 93.7 Å². The Hall–Kier alpha value is -2.29. The zero-order valence-electron chi connectivity index (χ0n) is 13.8. The van der Waals surface area contributed by atoms with Crippen LogP contribution in [0, 0.1) is 6.92 Å². The number of halogens is 1. The third-order valence-electron chi connectivity index (χ3n) is 3.29. The van der Waals surface area contributed by atoms with Crippen LogP contribution in [0.3, 0.4) is 0 Å². The minimum atomic E-state index is -4.02. The molecule has 0 spiro atoms. The summed E-state index contributed by atoms with van der Waals surface area (Å²) in [5.74, 6) is 0.117. The van der Waals surface area contributed by atoms with Crippen molar-refractivity contribution in [2.45, 2.75) is 11.8 Å². The van der Waals surface area contributed by atoms with Crippen molar-refractivity contribution in [1.82, 2.24) is 10.3 Å². The van der Waals surface area contributed by atoms with Crippen molar-refractivity contribution in [3.63, 3.8) is 0 Å². The lowest BCUT2D eigenvalue weighted by atomic mass is 10.2. The quantitative estimate of drug-likeness (QED) is 0.745. The molecule has 0 aliphatic heterocycles. The Kier molecular flexibility index (Phi) is 5.89. The Labute approximate surface area is 150 Å². The maximum atomic E-state index is 12.3. The van der Waals surface area contributed by atoms with E-state index in [0.717, 1.165) is 5.56 Å². The lowest BCUT2D eigenvalue weighted by Crippen LogP contribution is -2.41. The van der Waals surface area contributed by atoms with Crippen LogP contribution in [0.2, 0.25) is 5.02 Å². The molecule has 0 aliphatic carbocycles. The Balaban J connectivity index is 2.19. The largest absolute Gasteiger partial charge is 0.497 e. The summed E-state index contributed by atoms with van der Waals surface area (Å²) in [5, 5.41) is 0.0600. The Bertz CT molecular complexity index is 877. The first kappa shape index (κ1) is 19.0. The van der Waals surface area contributed by atoms with Gasteiger partial charge in [0.15, 0.2) is 0 Å². The van der Waals surface area contributed by atoms with Gasteiger partial charge in [-0.2, -0.15) is 0 Å². The molecule has 7 nitrogen and oxygen atoms in total. The molecule has 0 aromatic heterocycles. The molecule has 2 N–H and O–H groups in total. The van der Waals surface area contributed by atoms with E-state index in [-0.39, 0.29) is 15.5 Å². The van der Waals surface area contributed by atoms with Crippen molar-refractivity contribution in [3.05, 3.63) is 52.5 Å². The second kappa shape index (κ2) is 7.73. The van der Waals surface area contributed by atoms with Crippen LogP contribution in [0.5, 0.6) is 11.5 Å². The highest BCUT2D eigenvalue weighted by Gasteiger charge is 2.19. The molecule has 0 saturated carbocycles. The summed E-state index contributed by atoms with van der Waals surface area (Å²) in [7, 11) is -1.13. The molecule has 25 heavy (non-hydrogen) atoms. The van der Waals surface area contributed by atoms with E-state index in [0.29, 0.717) is 11.5 Å². The SMILES string of the molecule is COc1cc(OC)cc(C(=O)NNS(=O)(=O)c2ccc(C)cc2Cl)c1. The van der Waals surface area contributed by atoms with Crippen LogP contribution in [0.4, 0.5) is 0 Å². The van der Waals surface area contributed by atoms with Gasteiger partial charge >= 0.3 is 0 Å². The van der Waals surface area contributed by atoms with Crippen LogP contribution >= 0.6 is 11.6 Å². The number of carbonyl (C=O) groups excluding carboxylic acids is 1. The standard InChI is InChI=1S/C16H17ClN2O5S/c1-10-4-5-15(14(17)6-10)25(21,22)19-18-16(20)11-7-12(23-2)9-13(8-11)24-3/h4-9,19H,1-3H3,(H,18,20). The summed E-state index contributed by atoms with van der Waals surface area (Å²) in [5.41, 5.74) is 3.11. The molecule has 0 bridgehead atoms. The number of hydrogen-bond acceptors (Lipinski definition) is 5. The van der Waals surface area contributed by atoms with Gasteiger partial charge in [-0.1, -0.05) is 17.7 Å². The van der Waals surface area contributed by atoms with Gasteiger partial charge in [-0.3, -0.25) is 10.2 Å². The van der Waals surface area contributed by atoms with Gasteiger partial charge in [0, 0.05) is 11.6 Å². The van der Waals surface area contributed by atoms with Crippen molar-refractivity contribution in [2.75, 3.05) is 14.2 Å². The molecule has 134 valence electrons. The van der Waals surface area contributed by atoms with E-state index in [9.17, 15) is 13.2 Å². The Morgan fingerprint density at radius 2 is 1.64 bits per heavy atom. The minimum Gasteiger partial charge on any atom is -0.497 e. The number of benzene rings is 2. The van der Waals surface area contributed by atoms with Gasteiger partial charge in [-0.05, 0) is 36.8 Å². The summed E-state index contributed by atoms with van der Waals surface area (Å²) >= 11 is 5.96. The summed E-state index contributed by atoms with van der Waals surface area (Å²) in [6.45, 7) is 1.79. The number of amides is 1. The fourth-order valence-electron chi connectivity index (χ4n) is 2.00. The third kappa shape index (κ3) is 4.62. The number of hydrogen-bond donors (Lipinski definition) is 2.